The number of allylic oxidation sites excluding steroid dienone is 26. The first-order valence-electron chi connectivity index (χ1n) is 47.8. The fourth-order valence-corrected chi connectivity index (χ4v) is 14.6. The quantitative estimate of drug-likeness (QED) is 0.0146. The molecule has 5 atom stereocenters. The number of phosphoric ester groups is 2. The van der Waals surface area contributed by atoms with Crippen molar-refractivity contribution < 1.29 is 75.8 Å². The normalized spacial score (nSPS) is 14.4. The standard InChI is InChI=1S/C101H174O16P2/c1-4-7-10-13-16-19-22-25-28-31-33-35-37-39-41-43-45-46-47-48-50-52-53-55-57-59-61-64-66-69-72-75-78-81-84-87-99(104)111-90-96(102)91-113-118(107,108)114-92-97(103)93-115-119(109,110)116-95-98(117-101(106)89-86-83-80-77-74-71-68-63-30-27-24-21-18-15-12-9-6-3)94-112-100(105)88-85-82-79-76-73-70-67-65-62-60-58-56-54-51-49-44-42-40-38-36-34-32-29-26-23-20-17-14-11-8-5-2/h7,9-10,12,16-21,25-30,33-36,39-42,45-46,96-98,102-103H,4-6,8,11,13-15,22-24,31-32,37-38,43-44,47-95H2,1-3H3,(H,107,108)(H,109,110)/b10-7-,12-9-,19-16-,20-17-,21-18-,28-25-,29-26-,30-27-,35-33-,36-34-,41-39-,42-40-,46-45-. The number of hydrogen-bond acceptors (Lipinski definition) is 14. The maximum atomic E-state index is 13.0. The fraction of sp³-hybridized carbons (Fsp3) is 0.713. The molecule has 0 aliphatic carbocycles. The van der Waals surface area contributed by atoms with Gasteiger partial charge in [-0.1, -0.05) is 397 Å². The Morgan fingerprint density at radius 1 is 0.244 bits per heavy atom. The Bertz CT molecular complexity index is 2790. The average molecular weight is 1710 g/mol. The Morgan fingerprint density at radius 3 is 0.706 bits per heavy atom. The van der Waals surface area contributed by atoms with Gasteiger partial charge in [0, 0.05) is 19.3 Å². The Labute approximate surface area is 727 Å². The van der Waals surface area contributed by atoms with Crippen LogP contribution in [0.25, 0.3) is 0 Å². The molecule has 0 fully saturated rings. The molecule has 0 rings (SSSR count). The van der Waals surface area contributed by atoms with Crippen LogP contribution < -0.4 is 0 Å². The zero-order valence-electron chi connectivity index (χ0n) is 75.5. The summed E-state index contributed by atoms with van der Waals surface area (Å²) >= 11 is 0. The van der Waals surface area contributed by atoms with Crippen LogP contribution in [0.2, 0.25) is 0 Å². The van der Waals surface area contributed by atoms with Crippen molar-refractivity contribution in [2.24, 2.45) is 0 Å². The lowest BCUT2D eigenvalue weighted by Gasteiger charge is -2.21. The second-order valence-corrected chi connectivity index (χ2v) is 34.7. The molecule has 0 aliphatic rings. The van der Waals surface area contributed by atoms with E-state index in [4.69, 9.17) is 32.3 Å². The van der Waals surface area contributed by atoms with Gasteiger partial charge in [0.2, 0.25) is 0 Å². The number of ether oxygens (including phenoxy) is 3. The van der Waals surface area contributed by atoms with Gasteiger partial charge in [-0.05, 0) is 148 Å². The molecular formula is C101H174O16P2. The third-order valence-electron chi connectivity index (χ3n) is 20.2. The third-order valence-corrected chi connectivity index (χ3v) is 22.1. The van der Waals surface area contributed by atoms with Crippen molar-refractivity contribution in [2.45, 2.75) is 424 Å². The average Bonchev–Trinajstić information content (AvgIpc) is 0.902. The maximum Gasteiger partial charge on any atom is 0.472 e. The first kappa shape index (κ1) is 114. The monoisotopic (exact) mass is 1710 g/mol. The molecule has 0 aliphatic heterocycles. The smallest absolute Gasteiger partial charge is 0.463 e. The minimum absolute atomic E-state index is 0.0921. The molecular weight excluding hydrogens is 1530 g/mol. The zero-order chi connectivity index (χ0) is 86.5. The van der Waals surface area contributed by atoms with Gasteiger partial charge in [-0.3, -0.25) is 32.5 Å². The lowest BCUT2D eigenvalue weighted by atomic mass is 10.0. The van der Waals surface area contributed by atoms with Crippen LogP contribution in [-0.2, 0) is 55.8 Å². The molecule has 16 nitrogen and oxygen atoms in total. The molecule has 0 bridgehead atoms. The van der Waals surface area contributed by atoms with Gasteiger partial charge >= 0.3 is 33.6 Å². The number of carbonyl (C=O) groups excluding carboxylic acids is 3. The van der Waals surface area contributed by atoms with E-state index in [1.807, 2.05) is 0 Å². The number of rotatable bonds is 90. The molecule has 18 heteroatoms. The van der Waals surface area contributed by atoms with Crippen molar-refractivity contribution in [2.75, 3.05) is 39.6 Å². The highest BCUT2D eigenvalue weighted by Gasteiger charge is 2.30. The highest BCUT2D eigenvalue weighted by atomic mass is 31.2. The van der Waals surface area contributed by atoms with Gasteiger partial charge in [0.25, 0.3) is 0 Å². The van der Waals surface area contributed by atoms with Crippen LogP contribution in [0.1, 0.15) is 406 Å². The third kappa shape index (κ3) is 93.7. The summed E-state index contributed by atoms with van der Waals surface area (Å²) in [6.07, 6.45) is 119. The predicted molar refractivity (Wildman–Crippen MR) is 500 cm³/mol. The molecule has 684 valence electrons. The van der Waals surface area contributed by atoms with Crippen molar-refractivity contribution in [1.29, 1.82) is 0 Å². The minimum Gasteiger partial charge on any atom is -0.463 e. The van der Waals surface area contributed by atoms with Gasteiger partial charge in [0.15, 0.2) is 6.10 Å². The molecule has 4 N–H and O–H groups in total. The van der Waals surface area contributed by atoms with E-state index in [2.05, 4.69) is 179 Å². The van der Waals surface area contributed by atoms with E-state index in [1.165, 1.54) is 186 Å². The Kier molecular flexibility index (Phi) is 88.6. The minimum atomic E-state index is -4.94. The Balaban J connectivity index is 4.46. The summed E-state index contributed by atoms with van der Waals surface area (Å²) in [4.78, 5) is 59.0. The van der Waals surface area contributed by atoms with Gasteiger partial charge in [-0.25, -0.2) is 9.13 Å². The van der Waals surface area contributed by atoms with Crippen LogP contribution in [-0.4, -0.2) is 95.9 Å². The summed E-state index contributed by atoms with van der Waals surface area (Å²) in [6, 6.07) is 0. The first-order chi connectivity index (χ1) is 58.2. The summed E-state index contributed by atoms with van der Waals surface area (Å²) in [5, 5.41) is 20.7. The highest BCUT2D eigenvalue weighted by molar-refractivity contribution is 7.47. The molecule has 0 aromatic carbocycles. The van der Waals surface area contributed by atoms with Crippen molar-refractivity contribution in [3.05, 3.63) is 158 Å². The van der Waals surface area contributed by atoms with Gasteiger partial charge in [0.1, 0.15) is 25.4 Å². The molecule has 0 saturated carbocycles. The lowest BCUT2D eigenvalue weighted by Crippen LogP contribution is -2.30. The molecule has 0 amide bonds. The van der Waals surface area contributed by atoms with Crippen molar-refractivity contribution in [1.82, 2.24) is 0 Å². The number of esters is 3. The number of unbranched alkanes of at least 4 members (excludes halogenated alkanes) is 41. The van der Waals surface area contributed by atoms with E-state index in [9.17, 15) is 43.5 Å². The second kappa shape index (κ2) is 92.4. The fourth-order valence-electron chi connectivity index (χ4n) is 13.0. The van der Waals surface area contributed by atoms with Crippen LogP contribution >= 0.6 is 15.6 Å². The predicted octanol–water partition coefficient (Wildman–Crippen LogP) is 29.7. The summed E-state index contributed by atoms with van der Waals surface area (Å²) in [5.74, 6) is -1.57. The number of phosphoric acid groups is 2. The van der Waals surface area contributed by atoms with Crippen molar-refractivity contribution >= 4 is 33.6 Å². The molecule has 0 heterocycles. The summed E-state index contributed by atoms with van der Waals surface area (Å²) < 4.78 is 61.5. The number of aliphatic hydroxyl groups is 2. The molecule has 0 radical (unpaired) electrons. The molecule has 0 aromatic rings. The highest BCUT2D eigenvalue weighted by Crippen LogP contribution is 2.45. The van der Waals surface area contributed by atoms with E-state index in [-0.39, 0.29) is 19.3 Å². The van der Waals surface area contributed by atoms with Crippen LogP contribution in [0, 0.1) is 0 Å². The summed E-state index contributed by atoms with van der Waals surface area (Å²) in [6.45, 7) is 2.47. The Morgan fingerprint density at radius 2 is 0.445 bits per heavy atom. The number of aliphatic hydroxyl groups excluding tert-OH is 2. The number of carbonyl (C=O) groups is 3. The van der Waals surface area contributed by atoms with Gasteiger partial charge in [-0.15, -0.1) is 0 Å². The van der Waals surface area contributed by atoms with Gasteiger partial charge < -0.3 is 34.2 Å². The largest absolute Gasteiger partial charge is 0.472 e. The lowest BCUT2D eigenvalue weighted by molar-refractivity contribution is -0.161. The van der Waals surface area contributed by atoms with Crippen LogP contribution in [0.4, 0.5) is 0 Å². The van der Waals surface area contributed by atoms with Gasteiger partial charge in [0.05, 0.1) is 26.4 Å². The van der Waals surface area contributed by atoms with Crippen LogP contribution in [0.15, 0.2) is 158 Å². The van der Waals surface area contributed by atoms with Gasteiger partial charge in [-0.2, -0.15) is 0 Å². The first-order valence-corrected chi connectivity index (χ1v) is 50.8. The van der Waals surface area contributed by atoms with E-state index >= 15 is 0 Å². The van der Waals surface area contributed by atoms with Crippen LogP contribution in [0.3, 0.4) is 0 Å². The molecule has 5 unspecified atom stereocenters. The molecule has 0 aromatic heterocycles. The number of hydrogen-bond donors (Lipinski definition) is 4. The van der Waals surface area contributed by atoms with E-state index < -0.39 is 91.5 Å². The maximum absolute atomic E-state index is 13.0. The molecule has 119 heavy (non-hydrogen) atoms. The van der Waals surface area contributed by atoms with Crippen molar-refractivity contribution in [3.63, 3.8) is 0 Å². The van der Waals surface area contributed by atoms with E-state index in [0.717, 1.165) is 161 Å². The van der Waals surface area contributed by atoms with Crippen molar-refractivity contribution in [3.8, 4) is 0 Å². The second-order valence-electron chi connectivity index (χ2n) is 31.8. The Hall–Kier alpha value is -4.83. The van der Waals surface area contributed by atoms with Crippen LogP contribution in [0.5, 0.6) is 0 Å². The SMILES string of the molecule is CC/C=C\C/C=C\C/C=C\C/C=C\C/C=C\C/C=C\CCCCCCCCCCCCCCCCCCC(=O)OCC(O)COP(=O)(O)OCC(O)COP(=O)(O)OCC(COC(=O)CCCCCCCCCCCCCCCCC/C=C\C/C=C\C/C=C\C/C=C\CCCCC)OC(=O)CCCCCCCCC/C=C\C/C=C\C/C=C\CC. The summed E-state index contributed by atoms with van der Waals surface area (Å²) in [5.41, 5.74) is 0. The molecule has 0 saturated heterocycles. The molecule has 0 spiro atoms. The van der Waals surface area contributed by atoms with E-state index in [0.29, 0.717) is 19.3 Å². The zero-order valence-corrected chi connectivity index (χ0v) is 77.3. The van der Waals surface area contributed by atoms with E-state index in [1.54, 1.807) is 0 Å². The topological polar surface area (TPSA) is 231 Å². The summed E-state index contributed by atoms with van der Waals surface area (Å²) in [7, 11) is -9.81.